The van der Waals surface area contributed by atoms with E-state index in [1.165, 1.54) is 35.5 Å². The van der Waals surface area contributed by atoms with E-state index in [1.807, 2.05) is 20.8 Å². The molecule has 2 saturated heterocycles. The number of amides is 2. The number of carbonyl (C=O) groups is 3. The molecule has 1 N–H and O–H groups in total. The molecule has 0 saturated carbocycles. The number of benzene rings is 1. The van der Waals surface area contributed by atoms with Crippen LogP contribution in [0.15, 0.2) is 29.2 Å². The molecule has 0 bridgehead atoms. The van der Waals surface area contributed by atoms with Crippen molar-refractivity contribution in [3.05, 3.63) is 24.3 Å². The summed E-state index contributed by atoms with van der Waals surface area (Å²) in [6.45, 7) is 9.14. The lowest BCUT2D eigenvalue weighted by Crippen LogP contribution is -2.45. The molecule has 0 aliphatic carbocycles. The van der Waals surface area contributed by atoms with Crippen LogP contribution in [0.1, 0.15) is 53.4 Å². The smallest absolute Gasteiger partial charge is 0.309 e. The van der Waals surface area contributed by atoms with Crippen LogP contribution in [0.5, 0.6) is 0 Å². The average molecular weight is 494 g/mol. The molecule has 2 amide bonds. The Labute approximate surface area is 201 Å². The second-order valence-corrected chi connectivity index (χ2v) is 12.0. The molecule has 3 rings (SSSR count). The fraction of sp³-hybridized carbons (Fsp3) is 0.625. The summed E-state index contributed by atoms with van der Waals surface area (Å²) in [5, 5.41) is 2.66. The minimum absolute atomic E-state index is 0.0614. The van der Waals surface area contributed by atoms with Crippen LogP contribution in [0.2, 0.25) is 0 Å². The topological polar surface area (TPSA) is 113 Å². The molecular formula is C24H35N3O6S. The predicted molar refractivity (Wildman–Crippen MR) is 127 cm³/mol. The monoisotopic (exact) mass is 493 g/mol. The molecule has 1 aromatic rings. The van der Waals surface area contributed by atoms with Gasteiger partial charge in [-0.05, 0) is 56.9 Å². The molecule has 2 heterocycles. The molecule has 188 valence electrons. The maximum absolute atomic E-state index is 12.6. The van der Waals surface area contributed by atoms with Crippen molar-refractivity contribution in [3.8, 4) is 0 Å². The average Bonchev–Trinajstić information content (AvgIpc) is 3.34. The van der Waals surface area contributed by atoms with Crippen molar-refractivity contribution in [2.45, 2.75) is 64.4 Å². The van der Waals surface area contributed by atoms with Gasteiger partial charge in [0.05, 0.1) is 10.8 Å². The van der Waals surface area contributed by atoms with Crippen molar-refractivity contribution in [2.75, 3.05) is 31.5 Å². The fourth-order valence-electron chi connectivity index (χ4n) is 4.15. The SMILES string of the molecule is CC(OC(=O)C1CCN(C(=O)C(C)(C)C)CC1)C(=O)Nc1ccc(S(=O)(=O)N2CCCC2)cc1. The van der Waals surface area contributed by atoms with Gasteiger partial charge in [-0.25, -0.2) is 8.42 Å². The predicted octanol–water partition coefficient (Wildman–Crippen LogP) is 2.63. The summed E-state index contributed by atoms with van der Waals surface area (Å²) in [5.41, 5.74) is -0.0430. The number of nitrogens with zero attached hydrogens (tertiary/aromatic N) is 2. The minimum atomic E-state index is -3.52. The van der Waals surface area contributed by atoms with E-state index in [1.54, 1.807) is 4.90 Å². The molecule has 2 fully saturated rings. The van der Waals surface area contributed by atoms with Gasteiger partial charge in [-0.2, -0.15) is 4.31 Å². The number of hydrogen-bond acceptors (Lipinski definition) is 6. The van der Waals surface area contributed by atoms with Gasteiger partial charge in [-0.15, -0.1) is 0 Å². The van der Waals surface area contributed by atoms with Crippen LogP contribution in [-0.4, -0.2) is 67.7 Å². The van der Waals surface area contributed by atoms with E-state index in [9.17, 15) is 22.8 Å². The van der Waals surface area contributed by atoms with Crippen molar-refractivity contribution < 1.29 is 27.5 Å². The number of sulfonamides is 1. The van der Waals surface area contributed by atoms with E-state index in [4.69, 9.17) is 4.74 Å². The zero-order valence-electron chi connectivity index (χ0n) is 20.4. The molecule has 10 heteroatoms. The van der Waals surface area contributed by atoms with Gasteiger partial charge in [-0.1, -0.05) is 20.8 Å². The molecule has 0 spiro atoms. The molecule has 34 heavy (non-hydrogen) atoms. The Morgan fingerprint density at radius 1 is 1.00 bits per heavy atom. The van der Waals surface area contributed by atoms with Gasteiger partial charge >= 0.3 is 5.97 Å². The second kappa shape index (κ2) is 10.4. The van der Waals surface area contributed by atoms with E-state index in [0.717, 1.165) is 12.8 Å². The second-order valence-electron chi connectivity index (χ2n) is 10.0. The Morgan fingerprint density at radius 2 is 1.56 bits per heavy atom. The number of anilines is 1. The van der Waals surface area contributed by atoms with Crippen molar-refractivity contribution in [3.63, 3.8) is 0 Å². The quantitative estimate of drug-likeness (QED) is 0.610. The Morgan fingerprint density at radius 3 is 2.09 bits per heavy atom. The normalized spacial score (nSPS) is 19.0. The highest BCUT2D eigenvalue weighted by molar-refractivity contribution is 7.89. The first-order valence-corrected chi connectivity index (χ1v) is 13.2. The van der Waals surface area contributed by atoms with Crippen LogP contribution in [0, 0.1) is 11.3 Å². The molecule has 1 unspecified atom stereocenters. The number of rotatable bonds is 6. The van der Waals surface area contributed by atoms with Crippen molar-refractivity contribution in [2.24, 2.45) is 11.3 Å². The summed E-state index contributed by atoms with van der Waals surface area (Å²) < 4.78 is 32.1. The van der Waals surface area contributed by atoms with Gasteiger partial charge < -0.3 is 15.0 Å². The molecule has 1 atom stereocenters. The van der Waals surface area contributed by atoms with Gasteiger partial charge in [0.1, 0.15) is 0 Å². The highest BCUT2D eigenvalue weighted by Gasteiger charge is 2.34. The Balaban J connectivity index is 1.49. The lowest BCUT2D eigenvalue weighted by atomic mass is 9.91. The van der Waals surface area contributed by atoms with Crippen LogP contribution in [0.3, 0.4) is 0 Å². The number of likely N-dealkylation sites (tertiary alicyclic amines) is 1. The lowest BCUT2D eigenvalue weighted by Gasteiger charge is -2.35. The standard InChI is InChI=1S/C24H35N3O6S/c1-17(33-22(29)18-11-15-26(16-12-18)23(30)24(2,3)4)21(28)25-19-7-9-20(10-8-19)34(31,32)27-13-5-6-14-27/h7-10,17-18H,5-6,11-16H2,1-4H3,(H,25,28). The van der Waals surface area contributed by atoms with Crippen LogP contribution in [0.25, 0.3) is 0 Å². The van der Waals surface area contributed by atoms with E-state index in [-0.39, 0.29) is 16.7 Å². The Bertz CT molecular complexity index is 1000. The van der Waals surface area contributed by atoms with E-state index in [0.29, 0.717) is 44.7 Å². The van der Waals surface area contributed by atoms with Crippen LogP contribution < -0.4 is 5.32 Å². The molecule has 2 aliphatic heterocycles. The van der Waals surface area contributed by atoms with E-state index < -0.39 is 33.4 Å². The molecular weight excluding hydrogens is 458 g/mol. The van der Waals surface area contributed by atoms with Crippen LogP contribution in [0.4, 0.5) is 5.69 Å². The van der Waals surface area contributed by atoms with Crippen LogP contribution in [-0.2, 0) is 29.1 Å². The Hall–Kier alpha value is -2.46. The summed E-state index contributed by atoms with van der Waals surface area (Å²) >= 11 is 0. The van der Waals surface area contributed by atoms with Crippen molar-refractivity contribution in [1.82, 2.24) is 9.21 Å². The number of nitrogens with one attached hydrogen (secondary N) is 1. The highest BCUT2D eigenvalue weighted by Crippen LogP contribution is 2.25. The van der Waals surface area contributed by atoms with Gasteiger partial charge in [0, 0.05) is 37.3 Å². The molecule has 1 aromatic carbocycles. The van der Waals surface area contributed by atoms with Crippen LogP contribution >= 0.6 is 0 Å². The zero-order valence-corrected chi connectivity index (χ0v) is 21.2. The first kappa shape index (κ1) is 26.2. The molecule has 9 nitrogen and oxygen atoms in total. The first-order chi connectivity index (χ1) is 15.9. The first-order valence-electron chi connectivity index (χ1n) is 11.8. The minimum Gasteiger partial charge on any atom is -0.452 e. The van der Waals surface area contributed by atoms with E-state index in [2.05, 4.69) is 5.32 Å². The largest absolute Gasteiger partial charge is 0.452 e. The lowest BCUT2D eigenvalue weighted by molar-refractivity contribution is -0.160. The summed E-state index contributed by atoms with van der Waals surface area (Å²) in [6.07, 6.45) is 1.72. The highest BCUT2D eigenvalue weighted by atomic mass is 32.2. The van der Waals surface area contributed by atoms with E-state index >= 15 is 0 Å². The fourth-order valence-corrected chi connectivity index (χ4v) is 5.67. The molecule has 0 radical (unpaired) electrons. The molecule has 2 aliphatic rings. The zero-order chi connectivity index (χ0) is 25.1. The van der Waals surface area contributed by atoms with Gasteiger partial charge in [0.15, 0.2) is 6.10 Å². The third-order valence-corrected chi connectivity index (χ3v) is 8.16. The summed E-state index contributed by atoms with van der Waals surface area (Å²) in [5.74, 6) is -1.23. The maximum Gasteiger partial charge on any atom is 0.309 e. The van der Waals surface area contributed by atoms with Gasteiger partial charge in [0.2, 0.25) is 15.9 Å². The summed E-state index contributed by atoms with van der Waals surface area (Å²) in [4.78, 5) is 39.4. The number of piperidine rings is 1. The third kappa shape index (κ3) is 6.15. The number of hydrogen-bond donors (Lipinski definition) is 1. The molecule has 0 aromatic heterocycles. The number of ether oxygens (including phenoxy) is 1. The summed E-state index contributed by atoms with van der Waals surface area (Å²) in [7, 11) is -3.52. The maximum atomic E-state index is 12.6. The number of esters is 1. The van der Waals surface area contributed by atoms with Crippen molar-refractivity contribution in [1.29, 1.82) is 0 Å². The van der Waals surface area contributed by atoms with Crippen molar-refractivity contribution >= 4 is 33.5 Å². The Kier molecular flexibility index (Phi) is 8.02. The van der Waals surface area contributed by atoms with Gasteiger partial charge in [-0.3, -0.25) is 14.4 Å². The van der Waals surface area contributed by atoms with Gasteiger partial charge in [0.25, 0.3) is 5.91 Å². The number of carbonyl (C=O) groups excluding carboxylic acids is 3. The summed E-state index contributed by atoms with van der Waals surface area (Å²) in [6, 6.07) is 5.98. The third-order valence-electron chi connectivity index (χ3n) is 6.24.